The third-order valence-electron chi connectivity index (χ3n) is 5.56. The summed E-state index contributed by atoms with van der Waals surface area (Å²) >= 11 is 3.86. The molecule has 4 heterocycles. The highest BCUT2D eigenvalue weighted by atomic mass is 32.2. The molecule has 2 aromatic rings. The molecular formula is C21H23N8O6S3+. The number of anilines is 1. The van der Waals surface area contributed by atoms with Gasteiger partial charge in [0.05, 0.1) is 7.05 Å². The molecule has 2 aliphatic rings. The Bertz CT molecular complexity index is 1340. The summed E-state index contributed by atoms with van der Waals surface area (Å²) in [6.07, 6.45) is 3.30. The number of aliphatic carboxylic acids is 1. The van der Waals surface area contributed by atoms with Crippen LogP contribution in [0.5, 0.6) is 0 Å². The van der Waals surface area contributed by atoms with Crippen molar-refractivity contribution in [2.24, 2.45) is 10.9 Å². The first-order chi connectivity index (χ1) is 18.1. The molecule has 1 saturated heterocycles. The summed E-state index contributed by atoms with van der Waals surface area (Å²) in [5.74, 6) is -1.78. The number of rotatable bonds is 9. The van der Waals surface area contributed by atoms with Gasteiger partial charge in [0.2, 0.25) is 12.4 Å². The number of urea groups is 1. The lowest BCUT2D eigenvalue weighted by molar-refractivity contribution is -0.679. The van der Waals surface area contributed by atoms with E-state index in [9.17, 15) is 24.3 Å². The second-order valence-corrected chi connectivity index (χ2v) is 10.9. The van der Waals surface area contributed by atoms with Crippen molar-refractivity contribution in [3.05, 3.63) is 46.9 Å². The maximum absolute atomic E-state index is 13.0. The Kier molecular flexibility index (Phi) is 8.08. The first-order valence-corrected chi connectivity index (χ1v) is 13.7. The van der Waals surface area contributed by atoms with Gasteiger partial charge >= 0.3 is 12.0 Å². The molecule has 0 spiro atoms. The number of nitrogens with two attached hydrogens (primary N) is 2. The monoisotopic (exact) mass is 579 g/mol. The van der Waals surface area contributed by atoms with Gasteiger partial charge < -0.3 is 26.7 Å². The first-order valence-electron chi connectivity index (χ1n) is 10.8. The predicted octanol–water partition coefficient (Wildman–Crippen LogP) is -0.459. The van der Waals surface area contributed by atoms with Crippen molar-refractivity contribution in [2.75, 3.05) is 36.4 Å². The van der Waals surface area contributed by atoms with Crippen molar-refractivity contribution >= 4 is 69.5 Å². The zero-order valence-electron chi connectivity index (χ0n) is 20.1. The van der Waals surface area contributed by atoms with Crippen LogP contribution in [0.3, 0.4) is 0 Å². The lowest BCUT2D eigenvalue weighted by Gasteiger charge is -2.49. The largest absolute Gasteiger partial charge is 0.477 e. The van der Waals surface area contributed by atoms with Gasteiger partial charge in [0.1, 0.15) is 29.9 Å². The third kappa shape index (κ3) is 5.39. The summed E-state index contributed by atoms with van der Waals surface area (Å²) in [5, 5.41) is 18.6. The van der Waals surface area contributed by atoms with Crippen LogP contribution in [0, 0.1) is 0 Å². The molecule has 0 aliphatic carbocycles. The van der Waals surface area contributed by atoms with Gasteiger partial charge in [0.15, 0.2) is 10.8 Å². The van der Waals surface area contributed by atoms with Gasteiger partial charge in [-0.15, -0.1) is 34.9 Å². The van der Waals surface area contributed by atoms with E-state index in [-0.39, 0.29) is 22.2 Å². The SMILES string of the molecule is CO/N=C(\C(=O)N[C@@H]1C(=O)N2C(C(=O)O)=C(CSc3cc[n+](N(C)C(N)=O)cc3)CS[C@H]12)c1csc(N)n1. The third-order valence-corrected chi connectivity index (χ3v) is 8.67. The fourth-order valence-corrected chi connectivity index (χ4v) is 6.60. The summed E-state index contributed by atoms with van der Waals surface area (Å²) in [4.78, 5) is 60.1. The van der Waals surface area contributed by atoms with E-state index < -0.39 is 35.2 Å². The summed E-state index contributed by atoms with van der Waals surface area (Å²) in [7, 11) is 2.79. The predicted molar refractivity (Wildman–Crippen MR) is 141 cm³/mol. The topological polar surface area (TPSA) is 197 Å². The van der Waals surface area contributed by atoms with Crippen molar-refractivity contribution < 1.29 is 33.8 Å². The Morgan fingerprint density at radius 1 is 1.39 bits per heavy atom. The number of thiazole rings is 1. The number of amides is 4. The number of primary amides is 1. The number of pyridine rings is 1. The number of thioether (sulfide) groups is 2. The van der Waals surface area contributed by atoms with Gasteiger partial charge in [-0.3, -0.25) is 14.5 Å². The van der Waals surface area contributed by atoms with Gasteiger partial charge in [-0.05, 0) is 5.57 Å². The lowest BCUT2D eigenvalue weighted by atomic mass is 10.0. The van der Waals surface area contributed by atoms with Crippen LogP contribution in [-0.4, -0.2) is 81.6 Å². The van der Waals surface area contributed by atoms with Crippen molar-refractivity contribution in [3.63, 3.8) is 0 Å². The molecular weight excluding hydrogens is 556 g/mol. The van der Waals surface area contributed by atoms with Crippen molar-refractivity contribution in [3.8, 4) is 0 Å². The number of nitrogen functional groups attached to an aromatic ring is 1. The van der Waals surface area contributed by atoms with Crippen LogP contribution in [0.4, 0.5) is 9.93 Å². The number of hydrogen-bond donors (Lipinski definition) is 4. The second-order valence-electron chi connectivity index (χ2n) is 7.88. The number of aromatic nitrogens is 2. The minimum Gasteiger partial charge on any atom is -0.477 e. The molecule has 0 saturated carbocycles. The number of carboxylic acid groups (broad SMARTS) is 1. The van der Waals surface area contributed by atoms with Gasteiger partial charge in [0, 0.05) is 33.9 Å². The molecule has 200 valence electrons. The molecule has 1 fully saturated rings. The molecule has 0 unspecified atom stereocenters. The number of carbonyl (C=O) groups excluding carboxylic acids is 3. The number of fused-ring (bicyclic) bond motifs is 1. The molecule has 0 radical (unpaired) electrons. The highest BCUT2D eigenvalue weighted by Crippen LogP contribution is 2.41. The fraction of sp³-hybridized carbons (Fsp3) is 0.286. The van der Waals surface area contributed by atoms with E-state index in [4.69, 9.17) is 16.3 Å². The van der Waals surface area contributed by atoms with E-state index in [0.29, 0.717) is 17.1 Å². The van der Waals surface area contributed by atoms with Crippen LogP contribution in [0.1, 0.15) is 5.69 Å². The number of β-lactam (4-membered cyclic amide) rings is 1. The Balaban J connectivity index is 1.45. The van der Waals surface area contributed by atoms with Crippen LogP contribution >= 0.6 is 34.9 Å². The van der Waals surface area contributed by atoms with Crippen LogP contribution in [-0.2, 0) is 19.2 Å². The smallest absolute Gasteiger partial charge is 0.367 e. The van der Waals surface area contributed by atoms with E-state index in [1.54, 1.807) is 24.5 Å². The van der Waals surface area contributed by atoms with Crippen LogP contribution in [0.15, 0.2) is 51.2 Å². The van der Waals surface area contributed by atoms with Crippen LogP contribution in [0.25, 0.3) is 0 Å². The van der Waals surface area contributed by atoms with Gasteiger partial charge in [-0.2, -0.15) is 0 Å². The standard InChI is InChI=1S/C21H22N8O6S3/c1-27(21(23)34)28-5-3-11(4-6-28)36-7-10-8-37-18-14(17(31)29(18)15(10)19(32)33)25-16(30)13(26-35-2)12-9-38-20(22)24-12/h3-6,9,14,18H,7-8H2,1-2H3,(H5-,22,23,24,25,30,32,33,34)/p+1/b26-13-/t14-,18-/m1/s1. The highest BCUT2D eigenvalue weighted by molar-refractivity contribution is 8.01. The van der Waals surface area contributed by atoms with E-state index in [1.165, 1.54) is 57.6 Å². The number of nitrogens with one attached hydrogen (secondary N) is 1. The molecule has 4 rings (SSSR count). The first kappa shape index (κ1) is 27.2. The molecule has 4 amide bonds. The number of carbonyl (C=O) groups is 4. The summed E-state index contributed by atoms with van der Waals surface area (Å²) in [5.41, 5.74) is 11.4. The van der Waals surface area contributed by atoms with Gasteiger partial charge in [-0.25, -0.2) is 14.6 Å². The fourth-order valence-electron chi connectivity index (χ4n) is 3.68. The molecule has 17 heteroatoms. The van der Waals surface area contributed by atoms with E-state index in [0.717, 1.165) is 16.2 Å². The maximum atomic E-state index is 13.0. The van der Waals surface area contributed by atoms with E-state index in [1.807, 2.05) is 0 Å². The zero-order chi connectivity index (χ0) is 27.6. The number of oxime groups is 1. The average molecular weight is 580 g/mol. The molecule has 0 bridgehead atoms. The minimum absolute atomic E-state index is 0.0886. The Morgan fingerprint density at radius 3 is 2.68 bits per heavy atom. The summed E-state index contributed by atoms with van der Waals surface area (Å²) in [6.45, 7) is 0. The van der Waals surface area contributed by atoms with Crippen molar-refractivity contribution in [1.29, 1.82) is 0 Å². The molecule has 0 aromatic carbocycles. The number of hydrogen-bond acceptors (Lipinski definition) is 11. The summed E-state index contributed by atoms with van der Waals surface area (Å²) in [6, 6.07) is 1.96. The Morgan fingerprint density at radius 2 is 2.11 bits per heavy atom. The molecule has 14 nitrogen and oxygen atoms in total. The van der Waals surface area contributed by atoms with Crippen molar-refractivity contribution in [2.45, 2.75) is 16.3 Å². The lowest BCUT2D eigenvalue weighted by Crippen LogP contribution is -2.71. The second kappa shape index (κ2) is 11.3. The Hall–Kier alpha value is -3.83. The van der Waals surface area contributed by atoms with Crippen LogP contribution in [0.2, 0.25) is 0 Å². The average Bonchev–Trinajstić information content (AvgIpc) is 3.33. The quantitative estimate of drug-likeness (QED) is 0.0991. The number of nitrogens with zero attached hydrogens (tertiary/aromatic N) is 5. The van der Waals surface area contributed by atoms with Crippen molar-refractivity contribution in [1.82, 2.24) is 15.2 Å². The maximum Gasteiger partial charge on any atom is 0.367 e. The highest BCUT2D eigenvalue weighted by Gasteiger charge is 2.54. The molecule has 38 heavy (non-hydrogen) atoms. The van der Waals surface area contributed by atoms with E-state index >= 15 is 0 Å². The molecule has 2 atom stereocenters. The molecule has 2 aliphatic heterocycles. The zero-order valence-corrected chi connectivity index (χ0v) is 22.5. The van der Waals surface area contributed by atoms with E-state index in [2.05, 4.69) is 15.5 Å². The Labute approximate surface area is 228 Å². The molecule has 2 aromatic heterocycles. The minimum atomic E-state index is -1.22. The number of carboxylic acids is 1. The van der Waals surface area contributed by atoms with Gasteiger partial charge in [0.25, 0.3) is 11.8 Å². The van der Waals surface area contributed by atoms with Gasteiger partial charge in [-0.1, -0.05) is 14.8 Å². The normalized spacial score (nSPS) is 18.9. The molecule has 6 N–H and O–H groups in total. The summed E-state index contributed by atoms with van der Waals surface area (Å²) < 4.78 is 1.51. The van der Waals surface area contributed by atoms with Crippen LogP contribution < -0.4 is 26.5 Å².